The van der Waals surface area contributed by atoms with Gasteiger partial charge < -0.3 is 20.4 Å². The van der Waals surface area contributed by atoms with Gasteiger partial charge in [-0.1, -0.05) is 169 Å². The molecule has 4 N–H and O–H groups in total. The Morgan fingerprint density at radius 2 is 0.547 bits per heavy atom. The van der Waals surface area contributed by atoms with Crippen molar-refractivity contribution in [2.75, 3.05) is 14.1 Å². The molecule has 2 atom stereocenters. The van der Waals surface area contributed by atoms with Crippen LogP contribution >= 0.6 is 0 Å². The molecule has 0 aliphatic carbocycles. The molecular formula is C54H108N2O8. The van der Waals surface area contributed by atoms with Gasteiger partial charge in [0.15, 0.2) is 0 Å². The zero-order chi connectivity index (χ0) is 49.9. The van der Waals surface area contributed by atoms with Crippen molar-refractivity contribution in [1.29, 1.82) is 0 Å². The molecule has 2 rings (SSSR count). The molecule has 382 valence electrons. The van der Waals surface area contributed by atoms with Crippen molar-refractivity contribution < 1.29 is 39.6 Å². The van der Waals surface area contributed by atoms with Gasteiger partial charge >= 0.3 is 0 Å². The lowest BCUT2D eigenvalue weighted by Crippen LogP contribution is -2.65. The van der Waals surface area contributed by atoms with Crippen LogP contribution < -0.4 is 0 Å². The SMILES string of the molecule is CCCCCCCCCCCCCC(C)(C1CC(C)(C)N(C)C(C)(C)C1)C(C)(CCCCCCCCCCCCC)C1CC(C)(C)N(C)C(C)(C)C1.O=CO.O=CO.O=CO.O=CO. The van der Waals surface area contributed by atoms with E-state index in [1.807, 2.05) is 0 Å². The first-order chi connectivity index (χ1) is 30.0. The molecule has 2 unspecified atom stereocenters. The monoisotopic (exact) mass is 913 g/mol. The quantitative estimate of drug-likeness (QED) is 0.0462. The zero-order valence-electron chi connectivity index (χ0n) is 44.6. The number of carbonyl (C=O) groups is 4. The fourth-order valence-electron chi connectivity index (χ4n) is 11.9. The Morgan fingerprint density at radius 3 is 0.719 bits per heavy atom. The number of nitrogens with zero attached hydrogens (tertiary/aromatic N) is 2. The van der Waals surface area contributed by atoms with Crippen LogP contribution in [0.2, 0.25) is 0 Å². The summed E-state index contributed by atoms with van der Waals surface area (Å²) in [5.74, 6) is 1.53. The van der Waals surface area contributed by atoms with Gasteiger partial charge in [0.05, 0.1) is 0 Å². The molecule has 0 aromatic carbocycles. The third-order valence-electron chi connectivity index (χ3n) is 16.3. The van der Waals surface area contributed by atoms with Crippen LogP contribution in [0.4, 0.5) is 0 Å². The minimum atomic E-state index is -0.250. The normalized spacial score (nSPS) is 19.8. The lowest BCUT2D eigenvalue weighted by atomic mass is 9.45. The summed E-state index contributed by atoms with van der Waals surface area (Å²) in [6.45, 7) is 29.9. The van der Waals surface area contributed by atoms with Crippen LogP contribution in [0.1, 0.15) is 263 Å². The molecule has 10 nitrogen and oxygen atoms in total. The molecule has 0 spiro atoms. The van der Waals surface area contributed by atoms with E-state index in [0.717, 1.165) is 11.8 Å². The Kier molecular flexibility index (Phi) is 37.1. The fraction of sp³-hybridized carbons (Fsp3) is 0.926. The first kappa shape index (κ1) is 66.1. The Morgan fingerprint density at radius 1 is 0.391 bits per heavy atom. The first-order valence-electron chi connectivity index (χ1n) is 25.8. The number of hydrogen-bond acceptors (Lipinski definition) is 6. The van der Waals surface area contributed by atoms with Gasteiger partial charge in [-0.25, -0.2) is 0 Å². The molecule has 10 heteroatoms. The van der Waals surface area contributed by atoms with E-state index >= 15 is 0 Å². The van der Waals surface area contributed by atoms with Crippen molar-refractivity contribution in [3.63, 3.8) is 0 Å². The Bertz CT molecular complexity index is 1020. The van der Waals surface area contributed by atoms with Gasteiger partial charge in [-0.15, -0.1) is 0 Å². The fourth-order valence-corrected chi connectivity index (χ4v) is 11.9. The van der Waals surface area contributed by atoms with Crippen LogP contribution in [0.5, 0.6) is 0 Å². The van der Waals surface area contributed by atoms with Crippen molar-refractivity contribution in [2.24, 2.45) is 22.7 Å². The van der Waals surface area contributed by atoms with Crippen LogP contribution in [-0.4, -0.2) is 92.4 Å². The summed E-state index contributed by atoms with van der Waals surface area (Å²) < 4.78 is 0. The van der Waals surface area contributed by atoms with Gasteiger partial charge in [-0.2, -0.15) is 0 Å². The van der Waals surface area contributed by atoms with Gasteiger partial charge in [0.25, 0.3) is 25.9 Å². The molecule has 2 saturated heterocycles. The van der Waals surface area contributed by atoms with Crippen LogP contribution in [0.15, 0.2) is 0 Å². The van der Waals surface area contributed by atoms with Gasteiger partial charge in [0, 0.05) is 22.2 Å². The van der Waals surface area contributed by atoms with Gasteiger partial charge in [-0.05, 0) is 131 Å². The highest BCUT2D eigenvalue weighted by molar-refractivity contribution is 5.33. The highest BCUT2D eigenvalue weighted by Crippen LogP contribution is 2.64. The predicted octanol–water partition coefficient (Wildman–Crippen LogP) is 15.0. The van der Waals surface area contributed by atoms with Crippen molar-refractivity contribution >= 4 is 25.9 Å². The van der Waals surface area contributed by atoms with Crippen molar-refractivity contribution in [3.05, 3.63) is 0 Å². The summed E-state index contributed by atoms with van der Waals surface area (Å²) in [5, 5.41) is 27.6. The second-order valence-electron chi connectivity index (χ2n) is 22.4. The summed E-state index contributed by atoms with van der Waals surface area (Å²) in [6.07, 6.45) is 39.8. The Hall–Kier alpha value is -2.20. The second-order valence-corrected chi connectivity index (χ2v) is 22.4. The van der Waals surface area contributed by atoms with E-state index in [4.69, 9.17) is 39.6 Å². The molecule has 0 bridgehead atoms. The number of carboxylic acid groups (broad SMARTS) is 4. The zero-order valence-corrected chi connectivity index (χ0v) is 44.6. The van der Waals surface area contributed by atoms with Crippen LogP contribution in [-0.2, 0) is 19.2 Å². The number of likely N-dealkylation sites (tertiary alicyclic amines) is 2. The van der Waals surface area contributed by atoms with E-state index < -0.39 is 0 Å². The molecule has 0 aromatic heterocycles. The molecule has 0 amide bonds. The minimum Gasteiger partial charge on any atom is -0.483 e. The standard InChI is InChI=1S/C50H100N2.4CH2O2/c1-15-17-19-21-23-25-27-29-31-33-35-37-49(11,43-39-45(3,4)51(13)46(5,6)40-43)50(12,44-41-47(7,8)52(14)48(9,10)42-44)38-36-34-32-30-28-26-24-22-20-18-16-2;4*2-1-3/h43-44H,15-42H2,1-14H3;4*1H,(H,2,3). The summed E-state index contributed by atoms with van der Waals surface area (Å²) >= 11 is 0. The van der Waals surface area contributed by atoms with E-state index in [-0.39, 0.29) is 48.0 Å². The molecule has 0 aromatic rings. The van der Waals surface area contributed by atoms with Crippen molar-refractivity contribution in [1.82, 2.24) is 9.80 Å². The van der Waals surface area contributed by atoms with Crippen molar-refractivity contribution in [3.8, 4) is 0 Å². The second kappa shape index (κ2) is 35.9. The Labute approximate surface area is 395 Å². The summed E-state index contributed by atoms with van der Waals surface area (Å²) in [5.41, 5.74) is 1.60. The maximum absolute atomic E-state index is 8.36. The van der Waals surface area contributed by atoms with Gasteiger partial charge in [-0.3, -0.25) is 29.0 Å². The average Bonchev–Trinajstić information content (AvgIpc) is 3.20. The molecule has 64 heavy (non-hydrogen) atoms. The molecule has 2 aliphatic rings. The lowest BCUT2D eigenvalue weighted by Gasteiger charge is -2.65. The van der Waals surface area contributed by atoms with Crippen molar-refractivity contribution in [2.45, 2.75) is 285 Å². The highest BCUT2D eigenvalue weighted by atomic mass is 16.4. The third kappa shape index (κ3) is 25.1. The lowest BCUT2D eigenvalue weighted by molar-refractivity contribution is -0.154. The number of unbranched alkanes of at least 4 members (excludes halogenated alkanes) is 20. The minimum absolute atomic E-state index is 0.230. The van der Waals surface area contributed by atoms with Gasteiger partial charge in [0.1, 0.15) is 0 Å². The number of piperidine rings is 2. The molecule has 2 fully saturated rings. The first-order valence-corrected chi connectivity index (χ1v) is 25.8. The largest absolute Gasteiger partial charge is 0.483 e. The topological polar surface area (TPSA) is 156 Å². The number of rotatable bonds is 27. The summed E-state index contributed by atoms with van der Waals surface area (Å²) in [6, 6.07) is 0. The van der Waals surface area contributed by atoms with Crippen LogP contribution in [0, 0.1) is 22.7 Å². The molecule has 2 heterocycles. The van der Waals surface area contributed by atoms with E-state index in [0.29, 0.717) is 10.8 Å². The van der Waals surface area contributed by atoms with Gasteiger partial charge in [0.2, 0.25) is 0 Å². The van der Waals surface area contributed by atoms with Crippen LogP contribution in [0.3, 0.4) is 0 Å². The summed E-state index contributed by atoms with van der Waals surface area (Å²) in [4.78, 5) is 38.9. The third-order valence-corrected chi connectivity index (χ3v) is 16.3. The maximum Gasteiger partial charge on any atom is 0.290 e. The van der Waals surface area contributed by atoms with E-state index in [9.17, 15) is 0 Å². The van der Waals surface area contributed by atoms with E-state index in [1.54, 1.807) is 0 Å². The molecule has 0 radical (unpaired) electrons. The smallest absolute Gasteiger partial charge is 0.290 e. The predicted molar refractivity (Wildman–Crippen MR) is 270 cm³/mol. The van der Waals surface area contributed by atoms with Crippen LogP contribution in [0.25, 0.3) is 0 Å². The molecular weight excluding hydrogens is 805 g/mol. The number of hydrogen-bond donors (Lipinski definition) is 4. The Balaban J connectivity index is -0.00000277. The average molecular weight is 913 g/mol. The molecule has 0 saturated carbocycles. The van der Waals surface area contributed by atoms with E-state index in [2.05, 4.69) is 107 Å². The highest BCUT2D eigenvalue weighted by Gasteiger charge is 2.59. The van der Waals surface area contributed by atoms with E-state index in [1.165, 1.54) is 180 Å². The maximum atomic E-state index is 8.36. The molecule has 2 aliphatic heterocycles. The summed E-state index contributed by atoms with van der Waals surface area (Å²) in [7, 11) is 4.84.